The molecular weight excluding hydrogens is 110 g/mol. The van der Waals surface area contributed by atoms with E-state index in [9.17, 15) is 0 Å². The van der Waals surface area contributed by atoms with Crippen molar-refractivity contribution in [3.8, 4) is 0 Å². The monoisotopic (exact) mass is 121 g/mol. The molecule has 0 aromatic carbocycles. The molecule has 0 aromatic heterocycles. The van der Waals surface area contributed by atoms with Crippen molar-refractivity contribution in [1.82, 2.24) is 4.72 Å². The van der Waals surface area contributed by atoms with Gasteiger partial charge in [-0.1, -0.05) is 19.7 Å². The number of rotatable bonds is 4. The zero-order valence-corrected chi connectivity index (χ0v) is 5.37. The fraction of sp³-hybridized carbons (Fsp3) is 1.00. The van der Waals surface area contributed by atoms with E-state index in [1.165, 1.54) is 0 Å². The van der Waals surface area contributed by atoms with E-state index >= 15 is 0 Å². The molecule has 1 N–H and O–H groups in total. The molecule has 0 aliphatic heterocycles. The van der Waals surface area contributed by atoms with Gasteiger partial charge in [-0.15, -0.1) is 0 Å². The Morgan fingerprint density at radius 3 is 2.86 bits per heavy atom. The first-order chi connectivity index (χ1) is 3.41. The SMILES string of the molecule is CCCOCNS. The number of ether oxygens (including phenoxy) is 1. The standard InChI is InChI=1S/C4H11NOS/c1-2-3-6-4-5-7/h5,7H,2-4H2,1H3. The minimum atomic E-state index is 0.539. The average molecular weight is 121 g/mol. The van der Waals surface area contributed by atoms with Crippen LogP contribution in [0.3, 0.4) is 0 Å². The van der Waals surface area contributed by atoms with Gasteiger partial charge in [0.1, 0.15) is 6.73 Å². The molecule has 0 saturated heterocycles. The van der Waals surface area contributed by atoms with Crippen LogP contribution in [0.5, 0.6) is 0 Å². The summed E-state index contributed by atoms with van der Waals surface area (Å²) in [6.07, 6.45) is 1.06. The Hall–Kier alpha value is 0.270. The van der Waals surface area contributed by atoms with Gasteiger partial charge in [0.15, 0.2) is 0 Å². The molecule has 0 heterocycles. The van der Waals surface area contributed by atoms with Gasteiger partial charge in [0, 0.05) is 6.61 Å². The van der Waals surface area contributed by atoms with E-state index in [4.69, 9.17) is 4.74 Å². The molecule has 0 fully saturated rings. The molecule has 0 unspecified atom stereocenters. The van der Waals surface area contributed by atoms with Crippen molar-refractivity contribution in [2.24, 2.45) is 0 Å². The summed E-state index contributed by atoms with van der Waals surface area (Å²) in [6.45, 7) is 3.42. The summed E-state index contributed by atoms with van der Waals surface area (Å²) in [7, 11) is 0. The first-order valence-electron chi connectivity index (χ1n) is 2.36. The van der Waals surface area contributed by atoms with E-state index < -0.39 is 0 Å². The predicted molar refractivity (Wildman–Crippen MR) is 33.2 cm³/mol. The normalized spacial score (nSPS) is 9.43. The summed E-state index contributed by atoms with van der Waals surface area (Å²) in [5.41, 5.74) is 0. The first-order valence-corrected chi connectivity index (χ1v) is 2.81. The number of nitrogens with one attached hydrogen (secondary N) is 1. The molecule has 0 radical (unpaired) electrons. The van der Waals surface area contributed by atoms with E-state index in [1.54, 1.807) is 0 Å². The maximum Gasteiger partial charge on any atom is 0.105 e. The molecular formula is C4H11NOS. The van der Waals surface area contributed by atoms with Crippen molar-refractivity contribution >= 4 is 12.8 Å². The average Bonchev–Trinajstić information content (AvgIpc) is 1.69. The van der Waals surface area contributed by atoms with Crippen molar-refractivity contribution in [2.75, 3.05) is 13.3 Å². The van der Waals surface area contributed by atoms with Crippen LogP contribution in [0.2, 0.25) is 0 Å². The van der Waals surface area contributed by atoms with Gasteiger partial charge in [0.05, 0.1) is 0 Å². The molecule has 0 bridgehead atoms. The Morgan fingerprint density at radius 2 is 2.43 bits per heavy atom. The van der Waals surface area contributed by atoms with Crippen molar-refractivity contribution in [3.63, 3.8) is 0 Å². The summed E-state index contributed by atoms with van der Waals surface area (Å²) >= 11 is 3.72. The Bertz CT molecular complexity index is 30.9. The fourth-order valence-corrected chi connectivity index (χ4v) is 0.353. The molecule has 0 atom stereocenters. The lowest BCUT2D eigenvalue weighted by Gasteiger charge is -1.96. The third-order valence-corrected chi connectivity index (χ3v) is 0.644. The quantitative estimate of drug-likeness (QED) is 0.326. The van der Waals surface area contributed by atoms with Gasteiger partial charge in [0.2, 0.25) is 0 Å². The largest absolute Gasteiger partial charge is 0.365 e. The molecule has 7 heavy (non-hydrogen) atoms. The van der Waals surface area contributed by atoms with Crippen LogP contribution in [-0.4, -0.2) is 13.3 Å². The lowest BCUT2D eigenvalue weighted by Crippen LogP contribution is -2.06. The Labute approximate surface area is 49.8 Å². The van der Waals surface area contributed by atoms with Gasteiger partial charge in [-0.2, -0.15) is 0 Å². The lowest BCUT2D eigenvalue weighted by atomic mass is 10.5. The predicted octanol–water partition coefficient (Wildman–Crippen LogP) is 0.805. The first kappa shape index (κ1) is 7.27. The highest BCUT2D eigenvalue weighted by molar-refractivity contribution is 7.78. The van der Waals surface area contributed by atoms with Gasteiger partial charge in [-0.25, -0.2) is 4.72 Å². The minimum Gasteiger partial charge on any atom is -0.365 e. The molecule has 3 heteroatoms. The van der Waals surface area contributed by atoms with Crippen molar-refractivity contribution in [2.45, 2.75) is 13.3 Å². The number of hydrogen-bond acceptors (Lipinski definition) is 3. The second kappa shape index (κ2) is 6.27. The topological polar surface area (TPSA) is 21.3 Å². The molecule has 0 rings (SSSR count). The van der Waals surface area contributed by atoms with Crippen molar-refractivity contribution < 1.29 is 4.74 Å². The molecule has 0 aromatic rings. The molecule has 0 saturated carbocycles. The van der Waals surface area contributed by atoms with Crippen LogP contribution in [0.15, 0.2) is 0 Å². The minimum absolute atomic E-state index is 0.539. The second-order valence-electron chi connectivity index (χ2n) is 1.21. The highest BCUT2D eigenvalue weighted by Gasteiger charge is 1.76. The Balaban J connectivity index is 2.45. The fourth-order valence-electron chi connectivity index (χ4n) is 0.262. The Morgan fingerprint density at radius 1 is 1.71 bits per heavy atom. The van der Waals surface area contributed by atoms with Gasteiger partial charge >= 0.3 is 0 Å². The molecule has 44 valence electrons. The summed E-state index contributed by atoms with van der Waals surface area (Å²) < 4.78 is 7.52. The summed E-state index contributed by atoms with van der Waals surface area (Å²) in [4.78, 5) is 0. The van der Waals surface area contributed by atoms with Crippen molar-refractivity contribution in [1.29, 1.82) is 0 Å². The highest BCUT2D eigenvalue weighted by Crippen LogP contribution is 1.76. The van der Waals surface area contributed by atoms with E-state index in [0.717, 1.165) is 13.0 Å². The van der Waals surface area contributed by atoms with Crippen LogP contribution in [0.4, 0.5) is 0 Å². The molecule has 2 nitrogen and oxygen atoms in total. The van der Waals surface area contributed by atoms with Gasteiger partial charge in [-0.05, 0) is 6.42 Å². The number of hydrogen-bond donors (Lipinski definition) is 2. The molecule has 0 aliphatic rings. The third-order valence-electron chi connectivity index (χ3n) is 0.515. The number of thiol groups is 1. The van der Waals surface area contributed by atoms with Crippen LogP contribution in [-0.2, 0) is 4.74 Å². The van der Waals surface area contributed by atoms with Gasteiger partial charge in [0.25, 0.3) is 0 Å². The van der Waals surface area contributed by atoms with E-state index in [1.807, 2.05) is 0 Å². The molecule has 0 spiro atoms. The summed E-state index contributed by atoms with van der Waals surface area (Å²) in [5, 5.41) is 0. The van der Waals surface area contributed by atoms with Crippen LogP contribution in [0.1, 0.15) is 13.3 Å². The van der Waals surface area contributed by atoms with Crippen molar-refractivity contribution in [3.05, 3.63) is 0 Å². The molecule has 0 amide bonds. The Kier molecular flexibility index (Phi) is 6.51. The lowest BCUT2D eigenvalue weighted by molar-refractivity contribution is 0.134. The van der Waals surface area contributed by atoms with Crippen LogP contribution in [0.25, 0.3) is 0 Å². The second-order valence-corrected chi connectivity index (χ2v) is 1.53. The van der Waals surface area contributed by atoms with Crippen LogP contribution in [0, 0.1) is 0 Å². The third kappa shape index (κ3) is 6.27. The van der Waals surface area contributed by atoms with E-state index in [-0.39, 0.29) is 0 Å². The summed E-state index contributed by atoms with van der Waals surface area (Å²) in [5.74, 6) is 0. The van der Waals surface area contributed by atoms with E-state index in [0.29, 0.717) is 6.73 Å². The van der Waals surface area contributed by atoms with E-state index in [2.05, 4.69) is 24.5 Å². The smallest absolute Gasteiger partial charge is 0.105 e. The maximum absolute atomic E-state index is 4.94. The molecule has 0 aliphatic carbocycles. The van der Waals surface area contributed by atoms with Crippen LogP contribution < -0.4 is 4.72 Å². The van der Waals surface area contributed by atoms with Crippen LogP contribution >= 0.6 is 12.8 Å². The summed E-state index contributed by atoms with van der Waals surface area (Å²) in [6, 6.07) is 0. The highest BCUT2D eigenvalue weighted by atomic mass is 32.1. The maximum atomic E-state index is 4.94. The zero-order valence-electron chi connectivity index (χ0n) is 4.48. The van der Waals surface area contributed by atoms with Gasteiger partial charge in [-0.3, -0.25) is 0 Å². The zero-order chi connectivity index (χ0) is 5.54. The van der Waals surface area contributed by atoms with Gasteiger partial charge < -0.3 is 4.74 Å².